The molecule has 0 N–H and O–H groups in total. The van der Waals surface area contributed by atoms with Gasteiger partial charge in [0.15, 0.2) is 5.82 Å². The van der Waals surface area contributed by atoms with Gasteiger partial charge in [-0.15, -0.1) is 0 Å². The number of hydrogen-bond donors (Lipinski definition) is 1. The second kappa shape index (κ2) is 6.85. The van der Waals surface area contributed by atoms with E-state index in [1.165, 1.54) is 0 Å². The molecule has 0 saturated carbocycles. The van der Waals surface area contributed by atoms with Gasteiger partial charge >= 0.3 is 0 Å². The molecule has 0 aliphatic carbocycles. The summed E-state index contributed by atoms with van der Waals surface area (Å²) in [5.41, 5.74) is 0. The number of aryl methyl sites for hydroxylation is 2. The number of rotatable bonds is 7. The number of thiol groups is 1. The predicted molar refractivity (Wildman–Crippen MR) is 63.5 cm³/mol. The highest BCUT2D eigenvalue weighted by molar-refractivity contribution is 7.80. The Balaban J connectivity index is 2.47. The largest absolute Gasteiger partial charge is 0.379 e. The molecule has 0 radical (unpaired) electrons. The van der Waals surface area contributed by atoms with E-state index in [2.05, 4.69) is 36.6 Å². The van der Waals surface area contributed by atoms with Crippen molar-refractivity contribution in [3.8, 4) is 0 Å². The van der Waals surface area contributed by atoms with E-state index in [1.807, 2.05) is 4.68 Å². The summed E-state index contributed by atoms with van der Waals surface area (Å²) in [6.45, 7) is 6.31. The molecule has 1 aromatic heterocycles. The first kappa shape index (κ1) is 12.5. The van der Waals surface area contributed by atoms with E-state index in [9.17, 15) is 0 Å². The second-order valence-corrected chi connectivity index (χ2v) is 3.66. The lowest BCUT2D eigenvalue weighted by molar-refractivity contribution is 0.138. The van der Waals surface area contributed by atoms with Crippen LogP contribution >= 0.6 is 12.6 Å². The first-order valence-electron chi connectivity index (χ1n) is 5.43. The van der Waals surface area contributed by atoms with Crippen molar-refractivity contribution in [1.82, 2.24) is 14.8 Å². The molecule has 1 heterocycles. The third-order valence-electron chi connectivity index (χ3n) is 2.11. The van der Waals surface area contributed by atoms with Crippen LogP contribution in [0.5, 0.6) is 0 Å². The topological polar surface area (TPSA) is 39.9 Å². The van der Waals surface area contributed by atoms with Gasteiger partial charge < -0.3 is 4.74 Å². The van der Waals surface area contributed by atoms with E-state index in [-0.39, 0.29) is 0 Å². The maximum Gasteiger partial charge on any atom is 0.150 e. The molecule has 1 rings (SSSR count). The molecule has 0 amide bonds. The average molecular weight is 229 g/mol. The molecule has 1 aromatic rings. The lowest BCUT2D eigenvalue weighted by Gasteiger charge is -2.04. The minimum absolute atomic E-state index is 0.681. The lowest BCUT2D eigenvalue weighted by Crippen LogP contribution is -2.11. The molecule has 0 aromatic carbocycles. The highest BCUT2D eigenvalue weighted by Gasteiger charge is 2.05. The molecule has 0 fully saturated rings. The van der Waals surface area contributed by atoms with Gasteiger partial charge in [0.1, 0.15) is 5.82 Å². The van der Waals surface area contributed by atoms with Gasteiger partial charge in [-0.05, 0) is 0 Å². The van der Waals surface area contributed by atoms with Crippen molar-refractivity contribution in [1.29, 1.82) is 0 Å². The first-order valence-corrected chi connectivity index (χ1v) is 6.06. The monoisotopic (exact) mass is 229 g/mol. The Hall–Kier alpha value is -0.550. The molecule has 0 unspecified atom stereocenters. The zero-order valence-corrected chi connectivity index (χ0v) is 10.3. The molecule has 4 nitrogen and oxygen atoms in total. The van der Waals surface area contributed by atoms with E-state index in [0.29, 0.717) is 13.2 Å². The Morgan fingerprint density at radius 2 is 2.07 bits per heavy atom. The van der Waals surface area contributed by atoms with Crippen molar-refractivity contribution < 1.29 is 4.74 Å². The van der Waals surface area contributed by atoms with Crippen molar-refractivity contribution in [3.63, 3.8) is 0 Å². The Morgan fingerprint density at radius 3 is 2.67 bits per heavy atom. The number of nitrogens with zero attached hydrogens (tertiary/aromatic N) is 3. The summed E-state index contributed by atoms with van der Waals surface area (Å²) in [6, 6.07) is 0. The predicted octanol–water partition coefficient (Wildman–Crippen LogP) is 1.35. The molecule has 0 saturated heterocycles. The molecule has 5 heteroatoms. The summed E-state index contributed by atoms with van der Waals surface area (Å²) < 4.78 is 7.31. The number of hydrogen-bond acceptors (Lipinski definition) is 4. The van der Waals surface area contributed by atoms with Gasteiger partial charge in [0.2, 0.25) is 0 Å². The molecular weight excluding hydrogens is 210 g/mol. The molecule has 0 aliphatic rings. The third-order valence-corrected chi connectivity index (χ3v) is 2.29. The minimum atomic E-state index is 0.681. The summed E-state index contributed by atoms with van der Waals surface area (Å²) >= 11 is 4.08. The highest BCUT2D eigenvalue weighted by atomic mass is 32.1. The van der Waals surface area contributed by atoms with Crippen LogP contribution in [-0.2, 0) is 24.1 Å². The van der Waals surface area contributed by atoms with Gasteiger partial charge in [-0.3, -0.25) is 0 Å². The SMILES string of the molecule is CCc1nc(CC)n(CCOCCS)n1. The molecule has 0 bridgehead atoms. The quantitative estimate of drug-likeness (QED) is 0.567. The molecule has 86 valence electrons. The van der Waals surface area contributed by atoms with Gasteiger partial charge in [0.25, 0.3) is 0 Å². The zero-order chi connectivity index (χ0) is 11.1. The molecule has 15 heavy (non-hydrogen) atoms. The Morgan fingerprint density at radius 1 is 1.27 bits per heavy atom. The Kier molecular flexibility index (Phi) is 5.71. The Bertz CT molecular complexity index is 288. The smallest absolute Gasteiger partial charge is 0.150 e. The fourth-order valence-electron chi connectivity index (χ4n) is 1.33. The molecular formula is C10H19N3OS. The van der Waals surface area contributed by atoms with Gasteiger partial charge in [-0.2, -0.15) is 17.7 Å². The van der Waals surface area contributed by atoms with Gasteiger partial charge in [-0.1, -0.05) is 13.8 Å². The van der Waals surface area contributed by atoms with Crippen LogP contribution in [0.2, 0.25) is 0 Å². The lowest BCUT2D eigenvalue weighted by atomic mass is 10.4. The van der Waals surface area contributed by atoms with Crippen molar-refractivity contribution >= 4 is 12.6 Å². The fraction of sp³-hybridized carbons (Fsp3) is 0.800. The van der Waals surface area contributed by atoms with Crippen LogP contribution in [0.4, 0.5) is 0 Å². The van der Waals surface area contributed by atoms with Gasteiger partial charge in [-0.25, -0.2) is 9.67 Å². The van der Waals surface area contributed by atoms with Crippen LogP contribution in [0.3, 0.4) is 0 Å². The van der Waals surface area contributed by atoms with Crippen LogP contribution in [-0.4, -0.2) is 33.7 Å². The van der Waals surface area contributed by atoms with E-state index in [1.54, 1.807) is 0 Å². The summed E-state index contributed by atoms with van der Waals surface area (Å²) in [7, 11) is 0. The van der Waals surface area contributed by atoms with Crippen LogP contribution < -0.4 is 0 Å². The van der Waals surface area contributed by atoms with Crippen molar-refractivity contribution in [2.45, 2.75) is 33.2 Å². The van der Waals surface area contributed by atoms with Gasteiger partial charge in [0, 0.05) is 18.6 Å². The first-order chi connectivity index (χ1) is 7.31. The van der Waals surface area contributed by atoms with Crippen molar-refractivity contribution in [2.75, 3.05) is 19.0 Å². The summed E-state index contributed by atoms with van der Waals surface area (Å²) in [4.78, 5) is 4.43. The highest BCUT2D eigenvalue weighted by Crippen LogP contribution is 2.00. The maximum absolute atomic E-state index is 5.36. The van der Waals surface area contributed by atoms with E-state index >= 15 is 0 Å². The maximum atomic E-state index is 5.36. The molecule has 0 aliphatic heterocycles. The van der Waals surface area contributed by atoms with Gasteiger partial charge in [0.05, 0.1) is 19.8 Å². The standard InChI is InChI=1S/C10H19N3OS/c1-3-9-11-10(4-2)13(12-9)5-6-14-7-8-15/h15H,3-8H2,1-2H3. The summed E-state index contributed by atoms with van der Waals surface area (Å²) in [5, 5.41) is 4.40. The fourth-order valence-corrected chi connectivity index (χ4v) is 1.46. The number of ether oxygens (including phenoxy) is 1. The summed E-state index contributed by atoms with van der Waals surface area (Å²) in [6.07, 6.45) is 1.80. The van der Waals surface area contributed by atoms with Crippen LogP contribution in [0, 0.1) is 0 Å². The second-order valence-electron chi connectivity index (χ2n) is 3.21. The molecule has 0 atom stereocenters. The zero-order valence-electron chi connectivity index (χ0n) is 9.44. The molecule has 0 spiro atoms. The van der Waals surface area contributed by atoms with Crippen LogP contribution in [0.1, 0.15) is 25.5 Å². The minimum Gasteiger partial charge on any atom is -0.379 e. The normalized spacial score (nSPS) is 10.9. The van der Waals surface area contributed by atoms with E-state index in [4.69, 9.17) is 4.74 Å². The van der Waals surface area contributed by atoms with Crippen LogP contribution in [0.25, 0.3) is 0 Å². The van der Waals surface area contributed by atoms with Crippen molar-refractivity contribution in [3.05, 3.63) is 11.6 Å². The Labute approximate surface area is 96.4 Å². The number of aromatic nitrogens is 3. The van der Waals surface area contributed by atoms with E-state index in [0.717, 1.165) is 36.8 Å². The van der Waals surface area contributed by atoms with Crippen LogP contribution in [0.15, 0.2) is 0 Å². The van der Waals surface area contributed by atoms with Crippen molar-refractivity contribution in [2.24, 2.45) is 0 Å². The average Bonchev–Trinajstić information content (AvgIpc) is 2.67. The summed E-state index contributed by atoms with van der Waals surface area (Å²) in [5.74, 6) is 2.72. The van der Waals surface area contributed by atoms with E-state index < -0.39 is 0 Å². The third kappa shape index (κ3) is 3.83.